The first-order chi connectivity index (χ1) is 17.8. The fraction of sp³-hybridized carbons (Fsp3) is 0.500. The third-order valence-corrected chi connectivity index (χ3v) is 6.82. The molecule has 1 aliphatic carbocycles. The highest BCUT2D eigenvalue weighted by atomic mass is 35.5. The second kappa shape index (κ2) is 12.2. The molecule has 2 aromatic rings. The van der Waals surface area contributed by atoms with E-state index in [9.17, 15) is 14.4 Å². The van der Waals surface area contributed by atoms with Crippen LogP contribution in [-0.2, 0) is 20.7 Å². The number of carbonyl (C=O) groups excluding carboxylic acids is 3. The second-order valence-electron chi connectivity index (χ2n) is 11.3. The Bertz CT molecular complexity index is 1130. The van der Waals surface area contributed by atoms with Crippen molar-refractivity contribution in [2.75, 3.05) is 5.32 Å². The zero-order valence-corrected chi connectivity index (χ0v) is 24.2. The van der Waals surface area contributed by atoms with Crippen LogP contribution in [0.2, 0.25) is 5.02 Å². The molecule has 0 aliphatic heterocycles. The van der Waals surface area contributed by atoms with E-state index in [1.165, 1.54) is 0 Å². The molecule has 1 saturated carbocycles. The SMILES string of the molecule is CCc1ccc(C(C(=O)Nc2c(C)cccc2Cl)N(C(=O)C(NC(=O)OC(C)(C)C)C(C)C)C2CC2)cc1. The fourth-order valence-corrected chi connectivity index (χ4v) is 4.60. The van der Waals surface area contributed by atoms with Crippen molar-refractivity contribution in [1.29, 1.82) is 0 Å². The molecule has 206 valence electrons. The molecule has 2 unspecified atom stereocenters. The summed E-state index contributed by atoms with van der Waals surface area (Å²) in [6, 6.07) is 11.3. The number of anilines is 1. The number of nitrogens with one attached hydrogen (secondary N) is 2. The van der Waals surface area contributed by atoms with Crippen molar-refractivity contribution in [2.45, 2.75) is 91.5 Å². The average molecular weight is 542 g/mol. The molecule has 1 aliphatic rings. The number of ether oxygens (including phenoxy) is 1. The van der Waals surface area contributed by atoms with E-state index in [1.807, 2.05) is 57.2 Å². The van der Waals surface area contributed by atoms with Crippen molar-refractivity contribution < 1.29 is 19.1 Å². The molecule has 0 aromatic heterocycles. The van der Waals surface area contributed by atoms with Crippen LogP contribution in [0, 0.1) is 12.8 Å². The molecular formula is C30H40ClN3O4. The maximum Gasteiger partial charge on any atom is 0.408 e. The van der Waals surface area contributed by atoms with Gasteiger partial charge < -0.3 is 20.3 Å². The Hall–Kier alpha value is -3.06. The molecule has 3 amide bonds. The van der Waals surface area contributed by atoms with Crippen LogP contribution in [-0.4, -0.2) is 40.5 Å². The zero-order chi connectivity index (χ0) is 28.2. The van der Waals surface area contributed by atoms with Crippen molar-refractivity contribution in [2.24, 2.45) is 5.92 Å². The maximum absolute atomic E-state index is 14.1. The van der Waals surface area contributed by atoms with Gasteiger partial charge in [-0.25, -0.2) is 4.79 Å². The number of rotatable bonds is 9. The number of carbonyl (C=O) groups is 3. The third kappa shape index (κ3) is 7.50. The predicted octanol–water partition coefficient (Wildman–Crippen LogP) is 6.43. The molecule has 0 bridgehead atoms. The van der Waals surface area contributed by atoms with Gasteiger partial charge in [0.1, 0.15) is 17.7 Å². The summed E-state index contributed by atoms with van der Waals surface area (Å²) >= 11 is 6.43. The first kappa shape index (κ1) is 29.5. The number of halogens is 1. The van der Waals surface area contributed by atoms with Gasteiger partial charge in [-0.15, -0.1) is 0 Å². The zero-order valence-electron chi connectivity index (χ0n) is 23.4. The third-order valence-electron chi connectivity index (χ3n) is 6.50. The number of hydrogen-bond donors (Lipinski definition) is 2. The van der Waals surface area contributed by atoms with Gasteiger partial charge in [0.2, 0.25) is 5.91 Å². The summed E-state index contributed by atoms with van der Waals surface area (Å²) in [6.07, 6.45) is 1.76. The molecule has 8 heteroatoms. The smallest absolute Gasteiger partial charge is 0.408 e. The fourth-order valence-electron chi connectivity index (χ4n) is 4.34. The molecule has 38 heavy (non-hydrogen) atoms. The summed E-state index contributed by atoms with van der Waals surface area (Å²) in [5, 5.41) is 6.17. The van der Waals surface area contributed by atoms with Crippen molar-refractivity contribution in [3.8, 4) is 0 Å². The van der Waals surface area contributed by atoms with Crippen LogP contribution < -0.4 is 10.6 Å². The number of nitrogens with zero attached hydrogens (tertiary/aromatic N) is 1. The molecule has 0 radical (unpaired) electrons. The van der Waals surface area contributed by atoms with E-state index in [0.29, 0.717) is 16.3 Å². The largest absolute Gasteiger partial charge is 0.444 e. The van der Waals surface area contributed by atoms with Crippen LogP contribution in [0.25, 0.3) is 0 Å². The van der Waals surface area contributed by atoms with Gasteiger partial charge in [-0.05, 0) is 75.6 Å². The van der Waals surface area contributed by atoms with Gasteiger partial charge in [-0.3, -0.25) is 9.59 Å². The van der Waals surface area contributed by atoms with E-state index in [-0.39, 0.29) is 23.8 Å². The lowest BCUT2D eigenvalue weighted by atomic mass is 9.97. The summed E-state index contributed by atoms with van der Waals surface area (Å²) in [5.74, 6) is -0.900. The minimum atomic E-state index is -0.904. The molecule has 7 nitrogen and oxygen atoms in total. The number of alkyl carbamates (subject to hydrolysis) is 1. The van der Waals surface area contributed by atoms with Gasteiger partial charge in [0.25, 0.3) is 5.91 Å². The number of hydrogen-bond acceptors (Lipinski definition) is 4. The lowest BCUT2D eigenvalue weighted by Gasteiger charge is -2.36. The van der Waals surface area contributed by atoms with Gasteiger partial charge in [-0.2, -0.15) is 0 Å². The van der Waals surface area contributed by atoms with E-state index in [0.717, 1.165) is 30.4 Å². The van der Waals surface area contributed by atoms with Crippen LogP contribution in [0.4, 0.5) is 10.5 Å². The van der Waals surface area contributed by atoms with Crippen LogP contribution in [0.5, 0.6) is 0 Å². The van der Waals surface area contributed by atoms with E-state index in [4.69, 9.17) is 16.3 Å². The van der Waals surface area contributed by atoms with E-state index >= 15 is 0 Å². The highest BCUT2D eigenvalue weighted by Crippen LogP contribution is 2.37. The van der Waals surface area contributed by atoms with E-state index in [2.05, 4.69) is 17.6 Å². The molecule has 2 atom stereocenters. The topological polar surface area (TPSA) is 87.7 Å². The Morgan fingerprint density at radius 2 is 1.71 bits per heavy atom. The summed E-state index contributed by atoms with van der Waals surface area (Å²) in [4.78, 5) is 42.4. The average Bonchev–Trinajstić information content (AvgIpc) is 3.67. The first-order valence-corrected chi connectivity index (χ1v) is 13.7. The molecule has 2 N–H and O–H groups in total. The Morgan fingerprint density at radius 1 is 1.08 bits per heavy atom. The molecule has 0 heterocycles. The van der Waals surface area contributed by atoms with Crippen molar-refractivity contribution in [1.82, 2.24) is 10.2 Å². The van der Waals surface area contributed by atoms with Crippen molar-refractivity contribution >= 4 is 35.2 Å². The Kier molecular flexibility index (Phi) is 9.47. The van der Waals surface area contributed by atoms with Crippen LogP contribution in [0.3, 0.4) is 0 Å². The van der Waals surface area contributed by atoms with Gasteiger partial charge in [0.15, 0.2) is 0 Å². The van der Waals surface area contributed by atoms with Gasteiger partial charge in [0.05, 0.1) is 10.7 Å². The monoisotopic (exact) mass is 541 g/mol. The van der Waals surface area contributed by atoms with Crippen molar-refractivity contribution in [3.05, 3.63) is 64.2 Å². The van der Waals surface area contributed by atoms with Crippen LogP contribution in [0.1, 0.15) is 77.1 Å². The minimum absolute atomic E-state index is 0.113. The quantitative estimate of drug-likeness (QED) is 0.383. The standard InChI is InChI=1S/C30H40ClN3O4/c1-8-20-12-14-21(15-13-20)26(27(35)32-25-19(4)10-9-11-23(25)31)34(22-16-17-22)28(36)24(18(2)3)33-29(37)38-30(5,6)7/h9-15,18,22,24,26H,8,16-17H2,1-7H3,(H,32,35)(H,33,37). The van der Waals surface area contributed by atoms with Gasteiger partial charge in [-0.1, -0.05) is 68.8 Å². The normalized spacial score (nSPS) is 15.0. The van der Waals surface area contributed by atoms with Crippen molar-refractivity contribution in [3.63, 3.8) is 0 Å². The van der Waals surface area contributed by atoms with Gasteiger partial charge in [0, 0.05) is 6.04 Å². The molecule has 0 spiro atoms. The lowest BCUT2D eigenvalue weighted by molar-refractivity contribution is -0.142. The van der Waals surface area contributed by atoms with E-state index in [1.54, 1.807) is 31.7 Å². The molecule has 3 rings (SSSR count). The molecular weight excluding hydrogens is 502 g/mol. The molecule has 2 aromatic carbocycles. The number of para-hydroxylation sites is 1. The highest BCUT2D eigenvalue weighted by Gasteiger charge is 2.44. The number of aryl methyl sites for hydroxylation is 2. The maximum atomic E-state index is 14.1. The molecule has 1 fully saturated rings. The van der Waals surface area contributed by atoms with Crippen LogP contribution in [0.15, 0.2) is 42.5 Å². The lowest BCUT2D eigenvalue weighted by Crippen LogP contribution is -2.55. The summed E-state index contributed by atoms with van der Waals surface area (Å²) in [6.45, 7) is 13.0. The van der Waals surface area contributed by atoms with E-state index < -0.39 is 23.8 Å². The minimum Gasteiger partial charge on any atom is -0.444 e. The second-order valence-corrected chi connectivity index (χ2v) is 11.7. The Morgan fingerprint density at radius 3 is 2.21 bits per heavy atom. The van der Waals surface area contributed by atoms with Gasteiger partial charge >= 0.3 is 6.09 Å². The number of amides is 3. The predicted molar refractivity (Wildman–Crippen MR) is 151 cm³/mol. The highest BCUT2D eigenvalue weighted by molar-refractivity contribution is 6.34. The summed E-state index contributed by atoms with van der Waals surface area (Å²) in [7, 11) is 0. The summed E-state index contributed by atoms with van der Waals surface area (Å²) in [5.41, 5.74) is 2.46. The Balaban J connectivity index is 2.02. The first-order valence-electron chi connectivity index (χ1n) is 13.3. The molecule has 0 saturated heterocycles. The Labute approximate surface area is 231 Å². The summed E-state index contributed by atoms with van der Waals surface area (Å²) < 4.78 is 5.43. The van der Waals surface area contributed by atoms with Crippen LogP contribution >= 0.6 is 11.6 Å². The number of benzene rings is 2.